The van der Waals surface area contributed by atoms with Crippen molar-refractivity contribution in [1.82, 2.24) is 9.88 Å². The molecule has 0 saturated carbocycles. The van der Waals surface area contributed by atoms with E-state index in [-0.39, 0.29) is 17.9 Å². The predicted octanol–water partition coefficient (Wildman–Crippen LogP) is 3.72. The molecule has 0 radical (unpaired) electrons. The molecule has 7 nitrogen and oxygen atoms in total. The van der Waals surface area contributed by atoms with Crippen LogP contribution in [0.15, 0.2) is 78.6 Å². The molecule has 1 fully saturated rings. The molecule has 2 aromatic carbocycles. The van der Waals surface area contributed by atoms with Gasteiger partial charge in [0, 0.05) is 24.5 Å². The second kappa shape index (κ2) is 8.93. The maximum Gasteiger partial charge on any atom is 0.295 e. The number of methoxy groups -OCH3 is 2. The van der Waals surface area contributed by atoms with Gasteiger partial charge in [0.25, 0.3) is 11.7 Å². The third-order valence-corrected chi connectivity index (χ3v) is 5.41. The van der Waals surface area contributed by atoms with Crippen LogP contribution in [0.3, 0.4) is 0 Å². The van der Waals surface area contributed by atoms with Crippen LogP contribution in [0, 0.1) is 0 Å². The van der Waals surface area contributed by atoms with E-state index in [1.165, 1.54) is 4.90 Å². The van der Waals surface area contributed by atoms with Gasteiger partial charge in [-0.1, -0.05) is 12.1 Å². The number of aliphatic hydroxyl groups excluding tert-OH is 1. The van der Waals surface area contributed by atoms with Gasteiger partial charge < -0.3 is 19.5 Å². The third kappa shape index (κ3) is 3.92. The molecule has 32 heavy (non-hydrogen) atoms. The number of ether oxygens (including phenoxy) is 2. The molecule has 7 heteroatoms. The summed E-state index contributed by atoms with van der Waals surface area (Å²) >= 11 is 0. The zero-order valence-corrected chi connectivity index (χ0v) is 17.7. The van der Waals surface area contributed by atoms with Gasteiger partial charge in [0.1, 0.15) is 17.3 Å². The fraction of sp³-hybridized carbons (Fsp3) is 0.160. The predicted molar refractivity (Wildman–Crippen MR) is 118 cm³/mol. The number of amides is 1. The fourth-order valence-electron chi connectivity index (χ4n) is 3.81. The average molecular weight is 430 g/mol. The molecule has 2 heterocycles. The smallest absolute Gasteiger partial charge is 0.295 e. The van der Waals surface area contributed by atoms with E-state index in [0.29, 0.717) is 22.6 Å². The van der Waals surface area contributed by atoms with Crippen molar-refractivity contribution >= 4 is 17.4 Å². The van der Waals surface area contributed by atoms with E-state index in [2.05, 4.69) is 4.98 Å². The minimum atomic E-state index is -0.758. The number of carbonyl (C=O) groups excluding carboxylic acids is 2. The molecule has 1 saturated heterocycles. The largest absolute Gasteiger partial charge is 0.507 e. The number of nitrogens with zero attached hydrogens (tertiary/aromatic N) is 2. The fourth-order valence-corrected chi connectivity index (χ4v) is 3.81. The van der Waals surface area contributed by atoms with Gasteiger partial charge in [-0.15, -0.1) is 0 Å². The van der Waals surface area contributed by atoms with Gasteiger partial charge in [-0.2, -0.15) is 0 Å². The van der Waals surface area contributed by atoms with Gasteiger partial charge in [-0.25, -0.2) is 0 Å². The van der Waals surface area contributed by atoms with Crippen molar-refractivity contribution in [3.63, 3.8) is 0 Å². The first kappa shape index (κ1) is 21.1. The molecule has 162 valence electrons. The summed E-state index contributed by atoms with van der Waals surface area (Å²) in [5.74, 6) is -0.378. The summed E-state index contributed by atoms with van der Waals surface area (Å²) < 4.78 is 10.4. The number of hydrogen-bond donors (Lipinski definition) is 1. The van der Waals surface area contributed by atoms with Crippen LogP contribution >= 0.6 is 0 Å². The Bertz CT molecular complexity index is 1170. The van der Waals surface area contributed by atoms with Gasteiger partial charge in [-0.3, -0.25) is 14.6 Å². The van der Waals surface area contributed by atoms with Crippen LogP contribution in [0.5, 0.6) is 11.5 Å². The molecule has 0 spiro atoms. The van der Waals surface area contributed by atoms with Crippen molar-refractivity contribution in [2.24, 2.45) is 0 Å². The van der Waals surface area contributed by atoms with E-state index in [1.807, 2.05) is 24.3 Å². The number of hydrogen-bond acceptors (Lipinski definition) is 6. The highest BCUT2D eigenvalue weighted by atomic mass is 16.5. The maximum atomic E-state index is 13.1. The third-order valence-electron chi connectivity index (χ3n) is 5.41. The second-order valence-corrected chi connectivity index (χ2v) is 7.29. The molecule has 3 aromatic rings. The van der Waals surface area contributed by atoms with Crippen molar-refractivity contribution in [3.05, 3.63) is 95.3 Å². The second-order valence-electron chi connectivity index (χ2n) is 7.29. The SMILES string of the molecule is COc1ccc(/C(O)=C2/C(=O)C(=O)N(Cc3cccc(OC)c3)C2c2ccncc2)cc1. The van der Waals surface area contributed by atoms with Crippen molar-refractivity contribution in [3.8, 4) is 11.5 Å². The van der Waals surface area contributed by atoms with Crippen LogP contribution < -0.4 is 9.47 Å². The van der Waals surface area contributed by atoms with Crippen LogP contribution in [0.25, 0.3) is 5.76 Å². The number of benzene rings is 2. The topological polar surface area (TPSA) is 89.0 Å². The lowest BCUT2D eigenvalue weighted by atomic mass is 9.96. The number of Topliss-reactive ketones (excluding diaryl/α,β-unsaturated/α-hetero) is 1. The molecule has 1 aromatic heterocycles. The van der Waals surface area contributed by atoms with Crippen LogP contribution in [0.1, 0.15) is 22.7 Å². The Kier molecular flexibility index (Phi) is 5.89. The molecule has 4 rings (SSSR count). The lowest BCUT2D eigenvalue weighted by Gasteiger charge is -2.25. The average Bonchev–Trinajstić information content (AvgIpc) is 3.09. The number of carbonyl (C=O) groups is 2. The van der Waals surface area contributed by atoms with E-state index in [0.717, 1.165) is 5.56 Å². The molecular weight excluding hydrogens is 408 g/mol. The lowest BCUT2D eigenvalue weighted by Crippen LogP contribution is -2.29. The highest BCUT2D eigenvalue weighted by Crippen LogP contribution is 2.40. The van der Waals surface area contributed by atoms with Crippen LogP contribution in [0.4, 0.5) is 0 Å². The zero-order valence-electron chi connectivity index (χ0n) is 17.7. The highest BCUT2D eigenvalue weighted by Gasteiger charge is 2.46. The molecule has 1 atom stereocenters. The van der Waals surface area contributed by atoms with Gasteiger partial charge in [0.05, 0.1) is 25.8 Å². The summed E-state index contributed by atoms with van der Waals surface area (Å²) in [7, 11) is 3.11. The number of likely N-dealkylation sites (tertiary alicyclic amines) is 1. The summed E-state index contributed by atoms with van der Waals surface area (Å²) in [4.78, 5) is 31.6. The van der Waals surface area contributed by atoms with Gasteiger partial charge >= 0.3 is 0 Å². The Hall–Kier alpha value is -4.13. The Balaban J connectivity index is 1.81. The summed E-state index contributed by atoms with van der Waals surface area (Å²) in [5.41, 5.74) is 1.94. The number of ketones is 1. The zero-order chi connectivity index (χ0) is 22.7. The van der Waals surface area contributed by atoms with E-state index in [1.54, 1.807) is 63.0 Å². The monoisotopic (exact) mass is 430 g/mol. The molecule has 1 unspecified atom stereocenters. The molecule has 0 bridgehead atoms. The lowest BCUT2D eigenvalue weighted by molar-refractivity contribution is -0.140. The number of pyridine rings is 1. The first-order valence-electron chi connectivity index (χ1n) is 9.99. The Labute approximate surface area is 185 Å². The Morgan fingerprint density at radius 1 is 0.969 bits per heavy atom. The van der Waals surface area contributed by atoms with Crippen molar-refractivity contribution < 1.29 is 24.2 Å². The maximum absolute atomic E-state index is 13.1. The summed E-state index contributed by atoms with van der Waals surface area (Å²) in [6.07, 6.45) is 3.18. The van der Waals surface area contributed by atoms with E-state index < -0.39 is 17.7 Å². The van der Waals surface area contributed by atoms with Crippen molar-refractivity contribution in [2.45, 2.75) is 12.6 Å². The Morgan fingerprint density at radius 2 is 1.66 bits per heavy atom. The van der Waals surface area contributed by atoms with Crippen molar-refractivity contribution in [1.29, 1.82) is 0 Å². The summed E-state index contributed by atoms with van der Waals surface area (Å²) in [5, 5.41) is 11.1. The molecule has 1 aliphatic heterocycles. The molecule has 1 N–H and O–H groups in total. The minimum Gasteiger partial charge on any atom is -0.507 e. The van der Waals surface area contributed by atoms with Crippen LogP contribution in [-0.4, -0.2) is 40.9 Å². The summed E-state index contributed by atoms with van der Waals surface area (Å²) in [6.45, 7) is 0.175. The number of aromatic nitrogens is 1. The first-order valence-corrected chi connectivity index (χ1v) is 9.99. The minimum absolute atomic E-state index is 0.0364. The van der Waals surface area contributed by atoms with Crippen molar-refractivity contribution in [2.75, 3.05) is 14.2 Å². The van der Waals surface area contributed by atoms with Gasteiger partial charge in [0.2, 0.25) is 0 Å². The number of rotatable bonds is 6. The molecule has 1 aliphatic rings. The standard InChI is InChI=1S/C25H22N2O5/c1-31-19-8-6-18(7-9-19)23(28)21-22(17-10-12-26-13-11-17)27(25(30)24(21)29)15-16-4-3-5-20(14-16)32-2/h3-14,22,28H,15H2,1-2H3/b23-21-. The number of aliphatic hydroxyl groups is 1. The quantitative estimate of drug-likeness (QED) is 0.364. The molecule has 1 amide bonds. The van der Waals surface area contributed by atoms with Crippen LogP contribution in [0.2, 0.25) is 0 Å². The highest BCUT2D eigenvalue weighted by molar-refractivity contribution is 6.46. The first-order chi connectivity index (χ1) is 15.5. The normalized spacial score (nSPS) is 17.4. The Morgan fingerprint density at radius 3 is 2.31 bits per heavy atom. The van der Waals surface area contributed by atoms with Gasteiger partial charge in [-0.05, 0) is 59.7 Å². The van der Waals surface area contributed by atoms with E-state index in [4.69, 9.17) is 9.47 Å². The van der Waals surface area contributed by atoms with E-state index in [9.17, 15) is 14.7 Å². The van der Waals surface area contributed by atoms with Crippen LogP contribution in [-0.2, 0) is 16.1 Å². The van der Waals surface area contributed by atoms with E-state index >= 15 is 0 Å². The molecular formula is C25H22N2O5. The summed E-state index contributed by atoms with van der Waals surface area (Å²) in [6, 6.07) is 16.7. The van der Waals surface area contributed by atoms with Gasteiger partial charge in [0.15, 0.2) is 0 Å². The molecule has 0 aliphatic carbocycles.